The van der Waals surface area contributed by atoms with Crippen molar-refractivity contribution in [2.75, 3.05) is 20.8 Å². The van der Waals surface area contributed by atoms with Crippen LogP contribution in [-0.4, -0.2) is 43.9 Å². The summed E-state index contributed by atoms with van der Waals surface area (Å²) in [6.45, 7) is 1.97. The molecule has 2 heterocycles. The van der Waals surface area contributed by atoms with E-state index in [0.29, 0.717) is 23.8 Å². The molecule has 2 atom stereocenters. The molecule has 0 saturated carbocycles. The van der Waals surface area contributed by atoms with Gasteiger partial charge < -0.3 is 23.8 Å². The molecule has 1 aromatic rings. The monoisotopic (exact) mass is 514 g/mol. The van der Waals surface area contributed by atoms with Crippen LogP contribution in [0.2, 0.25) is 0 Å². The van der Waals surface area contributed by atoms with Crippen molar-refractivity contribution in [2.24, 2.45) is 4.99 Å². The smallest absolute Gasteiger partial charge is 0.493 e. The molecule has 150 valence electrons. The molecule has 0 aliphatic carbocycles. The summed E-state index contributed by atoms with van der Waals surface area (Å²) >= 11 is 7.07. The molecular formula is C19H20Br2N2O5. The zero-order valence-corrected chi connectivity index (χ0v) is 18.8. The van der Waals surface area contributed by atoms with Gasteiger partial charge in [-0.15, -0.1) is 0 Å². The van der Waals surface area contributed by atoms with E-state index in [9.17, 15) is 4.79 Å². The van der Waals surface area contributed by atoms with Crippen molar-refractivity contribution in [3.05, 3.63) is 45.0 Å². The lowest BCUT2D eigenvalue weighted by molar-refractivity contribution is 0.0166. The number of fused-ring (bicyclic) bond motifs is 1. The number of rotatable bonds is 5. The van der Waals surface area contributed by atoms with E-state index in [-0.39, 0.29) is 12.6 Å². The van der Waals surface area contributed by atoms with Crippen LogP contribution in [0.3, 0.4) is 0 Å². The average molecular weight is 516 g/mol. The predicted octanol–water partition coefficient (Wildman–Crippen LogP) is 4.88. The minimum atomic E-state index is -0.732. The molecule has 2 unspecified atom stereocenters. The zero-order valence-electron chi connectivity index (χ0n) is 15.6. The lowest BCUT2D eigenvalue weighted by atomic mass is 9.98. The highest BCUT2D eigenvalue weighted by molar-refractivity contribution is 9.12. The van der Waals surface area contributed by atoms with E-state index in [1.807, 2.05) is 35.4 Å². The molecule has 0 radical (unpaired) electrons. The Morgan fingerprint density at radius 1 is 1.25 bits per heavy atom. The topological polar surface area (TPSA) is 69.6 Å². The molecule has 9 heteroatoms. The molecule has 1 aromatic carbocycles. The van der Waals surface area contributed by atoms with Crippen LogP contribution in [0.5, 0.6) is 11.5 Å². The standard InChI is InChI=1S/C19H20Br2N2O5/c1-4-27-19(24)28-17-9-14(11-5-6-15(25-2)16(7-11)26-3)23-10-12(20)8-13(21)18(23)22-17/h5-8,10,14,17H,4,9H2,1-3H3. The number of ether oxygens (including phenoxy) is 4. The summed E-state index contributed by atoms with van der Waals surface area (Å²) in [4.78, 5) is 18.4. The number of hydrogen-bond donors (Lipinski definition) is 0. The fourth-order valence-corrected chi connectivity index (χ4v) is 4.40. The molecule has 7 nitrogen and oxygen atoms in total. The lowest BCUT2D eigenvalue weighted by Gasteiger charge is -2.39. The van der Waals surface area contributed by atoms with Gasteiger partial charge in [-0.2, -0.15) is 0 Å². The second kappa shape index (κ2) is 9.00. The van der Waals surface area contributed by atoms with Crippen LogP contribution in [0, 0.1) is 0 Å². The number of methoxy groups -OCH3 is 2. The molecule has 0 amide bonds. The quantitative estimate of drug-likeness (QED) is 0.521. The number of amidine groups is 1. The second-order valence-electron chi connectivity index (χ2n) is 5.99. The first kappa shape index (κ1) is 20.7. The van der Waals surface area contributed by atoms with Crippen LogP contribution in [-0.2, 0) is 9.47 Å². The van der Waals surface area contributed by atoms with Gasteiger partial charge in [0.2, 0.25) is 6.23 Å². The third kappa shape index (κ3) is 4.35. The second-order valence-corrected chi connectivity index (χ2v) is 7.76. The van der Waals surface area contributed by atoms with E-state index in [0.717, 1.165) is 14.5 Å². The summed E-state index contributed by atoms with van der Waals surface area (Å²) < 4.78 is 22.8. The van der Waals surface area contributed by atoms with Crippen LogP contribution in [0.15, 0.2) is 44.4 Å². The van der Waals surface area contributed by atoms with E-state index >= 15 is 0 Å². The van der Waals surface area contributed by atoms with Crippen molar-refractivity contribution < 1.29 is 23.7 Å². The number of hydrogen-bond acceptors (Lipinski definition) is 7. The molecule has 2 aliphatic heterocycles. The van der Waals surface area contributed by atoms with E-state index in [4.69, 9.17) is 18.9 Å². The van der Waals surface area contributed by atoms with Gasteiger partial charge in [0.05, 0.1) is 31.4 Å². The molecule has 0 saturated heterocycles. The maximum absolute atomic E-state index is 11.8. The molecule has 0 N–H and O–H groups in total. The first-order valence-corrected chi connectivity index (χ1v) is 10.2. The minimum absolute atomic E-state index is 0.138. The number of halogens is 2. The van der Waals surface area contributed by atoms with E-state index in [1.54, 1.807) is 21.1 Å². The third-order valence-electron chi connectivity index (χ3n) is 4.30. The number of benzene rings is 1. The van der Waals surface area contributed by atoms with Gasteiger partial charge in [0.25, 0.3) is 0 Å². The SMILES string of the molecule is CCOC(=O)OC1CC(c2ccc(OC)c(OC)c2)N2C=C(Br)C=C(Br)C2=N1. The summed E-state index contributed by atoms with van der Waals surface area (Å²) in [6, 6.07) is 5.60. The van der Waals surface area contributed by atoms with E-state index < -0.39 is 12.4 Å². The Labute approximate surface area is 180 Å². The Kier molecular flexibility index (Phi) is 6.66. The van der Waals surface area contributed by atoms with Crippen molar-refractivity contribution in [1.29, 1.82) is 0 Å². The Bertz CT molecular complexity index is 853. The Morgan fingerprint density at radius 2 is 2.00 bits per heavy atom. The highest BCUT2D eigenvalue weighted by Gasteiger charge is 2.35. The van der Waals surface area contributed by atoms with Gasteiger partial charge >= 0.3 is 6.16 Å². The summed E-state index contributed by atoms with van der Waals surface area (Å²) in [5.74, 6) is 1.94. The van der Waals surface area contributed by atoms with Gasteiger partial charge in [-0.1, -0.05) is 6.07 Å². The average Bonchev–Trinajstić information content (AvgIpc) is 2.67. The number of carbonyl (C=O) groups excluding carboxylic acids is 1. The fraction of sp³-hybridized carbons (Fsp3) is 0.368. The number of nitrogens with zero attached hydrogens (tertiary/aromatic N) is 2. The number of aliphatic imine (C=N–C) groups is 1. The number of allylic oxidation sites excluding steroid dienone is 2. The predicted molar refractivity (Wildman–Crippen MR) is 112 cm³/mol. The first-order valence-electron chi connectivity index (χ1n) is 8.63. The van der Waals surface area contributed by atoms with Crippen LogP contribution in [0.1, 0.15) is 24.9 Å². The van der Waals surface area contributed by atoms with E-state index in [2.05, 4.69) is 36.9 Å². The first-order chi connectivity index (χ1) is 13.5. The molecule has 0 spiro atoms. The molecule has 0 fully saturated rings. The third-order valence-corrected chi connectivity index (χ3v) is 5.32. The van der Waals surface area contributed by atoms with E-state index in [1.165, 1.54) is 0 Å². The van der Waals surface area contributed by atoms with Crippen LogP contribution < -0.4 is 9.47 Å². The maximum atomic E-state index is 11.8. The number of carbonyl (C=O) groups is 1. The molecule has 3 rings (SSSR count). The van der Waals surface area contributed by atoms with Crippen molar-refractivity contribution in [2.45, 2.75) is 25.6 Å². The van der Waals surface area contributed by atoms with Crippen LogP contribution >= 0.6 is 31.9 Å². The zero-order chi connectivity index (χ0) is 20.3. The largest absolute Gasteiger partial charge is 0.510 e. The van der Waals surface area contributed by atoms with Crippen molar-refractivity contribution in [3.63, 3.8) is 0 Å². The van der Waals surface area contributed by atoms with Gasteiger partial charge in [0.1, 0.15) is 5.84 Å². The van der Waals surface area contributed by atoms with Crippen molar-refractivity contribution >= 4 is 43.9 Å². The van der Waals surface area contributed by atoms with Gasteiger partial charge in [-0.3, -0.25) is 0 Å². The normalized spacial score (nSPS) is 21.0. The Balaban J connectivity index is 1.98. The van der Waals surface area contributed by atoms with Gasteiger partial charge in [0.15, 0.2) is 11.5 Å². The highest BCUT2D eigenvalue weighted by Crippen LogP contribution is 2.40. The van der Waals surface area contributed by atoms with Crippen molar-refractivity contribution in [1.82, 2.24) is 4.90 Å². The Hall–Kier alpha value is -2.00. The molecule has 0 bridgehead atoms. The minimum Gasteiger partial charge on any atom is -0.493 e. The summed E-state index contributed by atoms with van der Waals surface area (Å²) in [5.41, 5.74) is 0.973. The summed E-state index contributed by atoms with van der Waals surface area (Å²) in [7, 11) is 3.19. The van der Waals surface area contributed by atoms with Crippen molar-refractivity contribution in [3.8, 4) is 11.5 Å². The maximum Gasteiger partial charge on any atom is 0.510 e. The Morgan fingerprint density at radius 3 is 2.68 bits per heavy atom. The van der Waals surface area contributed by atoms with Crippen LogP contribution in [0.25, 0.3) is 0 Å². The molecular weight excluding hydrogens is 496 g/mol. The van der Waals surface area contributed by atoms with Crippen LogP contribution in [0.4, 0.5) is 4.79 Å². The highest BCUT2D eigenvalue weighted by atomic mass is 79.9. The summed E-state index contributed by atoms with van der Waals surface area (Å²) in [5, 5.41) is 0. The summed E-state index contributed by atoms with van der Waals surface area (Å²) in [6.07, 6.45) is 2.90. The fourth-order valence-electron chi connectivity index (χ4n) is 3.09. The van der Waals surface area contributed by atoms with Gasteiger partial charge in [-0.05, 0) is 62.6 Å². The molecule has 2 aliphatic rings. The molecule has 28 heavy (non-hydrogen) atoms. The molecule has 0 aromatic heterocycles. The van der Waals surface area contributed by atoms with Gasteiger partial charge in [0, 0.05) is 17.1 Å². The lowest BCUT2D eigenvalue weighted by Crippen LogP contribution is -2.40. The van der Waals surface area contributed by atoms with Gasteiger partial charge in [-0.25, -0.2) is 9.79 Å².